The van der Waals surface area contributed by atoms with Crippen LogP contribution in [0.3, 0.4) is 0 Å². The molecule has 0 saturated heterocycles. The summed E-state index contributed by atoms with van der Waals surface area (Å²) in [5, 5.41) is 0. The first-order valence-corrected chi connectivity index (χ1v) is 4.08. The highest BCUT2D eigenvalue weighted by Crippen LogP contribution is 2.30. The van der Waals surface area contributed by atoms with Crippen LogP contribution in [0.4, 0.5) is 13.2 Å². The Hall–Kier alpha value is -0.740. The van der Waals surface area contributed by atoms with Gasteiger partial charge in [0.15, 0.2) is 0 Å². The molecule has 1 atom stereocenters. The van der Waals surface area contributed by atoms with Gasteiger partial charge in [0.1, 0.15) is 5.92 Å². The number of carbonyl (C=O) groups is 1. The lowest BCUT2D eigenvalue weighted by atomic mass is 10.0. The van der Waals surface area contributed by atoms with Crippen molar-refractivity contribution in [1.29, 1.82) is 0 Å². The van der Waals surface area contributed by atoms with E-state index in [2.05, 4.69) is 0 Å². The molecule has 0 fully saturated rings. The topological polar surface area (TPSA) is 20.3 Å². The van der Waals surface area contributed by atoms with E-state index in [-0.39, 0.29) is 6.42 Å². The van der Waals surface area contributed by atoms with E-state index in [1.807, 2.05) is 0 Å². The van der Waals surface area contributed by atoms with Crippen molar-refractivity contribution in [2.75, 3.05) is 14.1 Å². The van der Waals surface area contributed by atoms with Gasteiger partial charge in [-0.2, -0.15) is 13.2 Å². The fourth-order valence-electron chi connectivity index (χ4n) is 1.03. The number of hydrogen-bond acceptors (Lipinski definition) is 1. The summed E-state index contributed by atoms with van der Waals surface area (Å²) in [6, 6.07) is 0. The second kappa shape index (κ2) is 4.48. The minimum Gasteiger partial charge on any atom is -0.348 e. The van der Waals surface area contributed by atoms with E-state index in [1.165, 1.54) is 14.1 Å². The van der Waals surface area contributed by atoms with Crippen LogP contribution in [0, 0.1) is 5.92 Å². The Kier molecular flexibility index (Phi) is 4.23. The average molecular weight is 197 g/mol. The largest absolute Gasteiger partial charge is 0.400 e. The van der Waals surface area contributed by atoms with Gasteiger partial charge in [-0.1, -0.05) is 13.3 Å². The van der Waals surface area contributed by atoms with Gasteiger partial charge in [0.05, 0.1) is 0 Å². The molecular weight excluding hydrogens is 183 g/mol. The van der Waals surface area contributed by atoms with Crippen LogP contribution in [-0.4, -0.2) is 31.1 Å². The van der Waals surface area contributed by atoms with E-state index < -0.39 is 18.0 Å². The molecule has 2 nitrogen and oxygen atoms in total. The molecule has 0 aliphatic carbocycles. The molecule has 1 unspecified atom stereocenters. The zero-order chi connectivity index (χ0) is 10.6. The Labute approximate surface area is 75.7 Å². The van der Waals surface area contributed by atoms with Gasteiger partial charge in [-0.3, -0.25) is 4.79 Å². The standard InChI is InChI=1S/C8H14F3NO/c1-4-5-6(8(9,10)11)7(13)12(2)3/h6H,4-5H2,1-3H3. The molecule has 13 heavy (non-hydrogen) atoms. The van der Waals surface area contributed by atoms with Gasteiger partial charge in [-0.05, 0) is 6.42 Å². The van der Waals surface area contributed by atoms with E-state index in [9.17, 15) is 18.0 Å². The Morgan fingerprint density at radius 1 is 1.38 bits per heavy atom. The van der Waals surface area contributed by atoms with Gasteiger partial charge < -0.3 is 4.90 Å². The molecule has 0 aromatic carbocycles. The third kappa shape index (κ3) is 3.65. The summed E-state index contributed by atoms with van der Waals surface area (Å²) < 4.78 is 36.8. The van der Waals surface area contributed by atoms with Crippen molar-refractivity contribution < 1.29 is 18.0 Å². The van der Waals surface area contributed by atoms with Crippen LogP contribution in [-0.2, 0) is 4.79 Å². The molecule has 78 valence electrons. The van der Waals surface area contributed by atoms with E-state index >= 15 is 0 Å². The van der Waals surface area contributed by atoms with E-state index in [0.717, 1.165) is 4.90 Å². The maximum atomic E-state index is 12.3. The molecule has 0 rings (SSSR count). The number of hydrogen-bond donors (Lipinski definition) is 0. The van der Waals surface area contributed by atoms with Crippen molar-refractivity contribution in [3.8, 4) is 0 Å². The average Bonchev–Trinajstić information content (AvgIpc) is 1.96. The third-order valence-corrected chi connectivity index (χ3v) is 1.71. The SMILES string of the molecule is CCCC(C(=O)N(C)C)C(F)(F)F. The fraction of sp³-hybridized carbons (Fsp3) is 0.875. The molecule has 0 bridgehead atoms. The van der Waals surface area contributed by atoms with Crippen LogP contribution >= 0.6 is 0 Å². The van der Waals surface area contributed by atoms with Crippen molar-refractivity contribution in [1.82, 2.24) is 4.90 Å². The maximum Gasteiger partial charge on any atom is 0.400 e. The van der Waals surface area contributed by atoms with Gasteiger partial charge in [-0.25, -0.2) is 0 Å². The predicted octanol–water partition coefficient (Wildman–Crippen LogP) is 2.05. The number of carbonyl (C=O) groups excluding carboxylic acids is 1. The quantitative estimate of drug-likeness (QED) is 0.678. The van der Waals surface area contributed by atoms with Crippen LogP contribution in [0.25, 0.3) is 0 Å². The Balaban J connectivity index is 4.52. The van der Waals surface area contributed by atoms with Crippen molar-refractivity contribution in [2.45, 2.75) is 25.9 Å². The highest BCUT2D eigenvalue weighted by Gasteiger charge is 2.44. The van der Waals surface area contributed by atoms with Crippen LogP contribution < -0.4 is 0 Å². The summed E-state index contributed by atoms with van der Waals surface area (Å²) in [4.78, 5) is 12.1. The predicted molar refractivity (Wildman–Crippen MR) is 43.1 cm³/mol. The molecule has 1 amide bonds. The summed E-state index contributed by atoms with van der Waals surface area (Å²) in [6.07, 6.45) is -4.21. The molecule has 5 heteroatoms. The Morgan fingerprint density at radius 2 is 1.85 bits per heavy atom. The van der Waals surface area contributed by atoms with Gasteiger partial charge in [-0.15, -0.1) is 0 Å². The van der Waals surface area contributed by atoms with Crippen molar-refractivity contribution in [3.05, 3.63) is 0 Å². The molecule has 0 radical (unpaired) electrons. The monoisotopic (exact) mass is 197 g/mol. The molecule has 0 aliphatic rings. The maximum absolute atomic E-state index is 12.3. The van der Waals surface area contributed by atoms with Gasteiger partial charge >= 0.3 is 6.18 Å². The smallest absolute Gasteiger partial charge is 0.348 e. The molecule has 0 aromatic heterocycles. The molecule has 0 heterocycles. The molecular formula is C8H14F3NO. The summed E-state index contributed by atoms with van der Waals surface area (Å²) in [7, 11) is 2.66. The van der Waals surface area contributed by atoms with Crippen molar-refractivity contribution >= 4 is 5.91 Å². The first-order chi connectivity index (χ1) is 5.80. The number of nitrogens with zero attached hydrogens (tertiary/aromatic N) is 1. The zero-order valence-electron chi connectivity index (χ0n) is 7.98. The zero-order valence-corrected chi connectivity index (χ0v) is 7.98. The molecule has 0 spiro atoms. The van der Waals surface area contributed by atoms with Gasteiger partial charge in [0.2, 0.25) is 5.91 Å². The normalized spacial score (nSPS) is 14.0. The molecule has 0 aliphatic heterocycles. The number of halogens is 3. The lowest BCUT2D eigenvalue weighted by molar-refractivity contribution is -0.189. The third-order valence-electron chi connectivity index (χ3n) is 1.71. The number of amides is 1. The summed E-state index contributed by atoms with van der Waals surface area (Å²) >= 11 is 0. The van der Waals surface area contributed by atoms with E-state index in [1.54, 1.807) is 6.92 Å². The lowest BCUT2D eigenvalue weighted by Gasteiger charge is -2.22. The Morgan fingerprint density at radius 3 is 2.08 bits per heavy atom. The first-order valence-electron chi connectivity index (χ1n) is 4.08. The van der Waals surface area contributed by atoms with Gasteiger partial charge in [0, 0.05) is 14.1 Å². The van der Waals surface area contributed by atoms with Crippen molar-refractivity contribution in [2.24, 2.45) is 5.92 Å². The highest BCUT2D eigenvalue weighted by atomic mass is 19.4. The Bertz CT molecular complexity index is 177. The fourth-order valence-corrected chi connectivity index (χ4v) is 1.03. The molecule has 0 N–H and O–H groups in total. The van der Waals surface area contributed by atoms with E-state index in [4.69, 9.17) is 0 Å². The molecule has 0 aromatic rings. The first kappa shape index (κ1) is 12.3. The second-order valence-corrected chi connectivity index (χ2v) is 3.12. The lowest BCUT2D eigenvalue weighted by Crippen LogP contribution is -2.38. The van der Waals surface area contributed by atoms with Crippen molar-refractivity contribution in [3.63, 3.8) is 0 Å². The second-order valence-electron chi connectivity index (χ2n) is 3.12. The number of alkyl halides is 3. The van der Waals surface area contributed by atoms with Gasteiger partial charge in [0.25, 0.3) is 0 Å². The summed E-state index contributed by atoms with van der Waals surface area (Å²) in [5.41, 5.74) is 0. The van der Waals surface area contributed by atoms with Crippen LogP contribution in [0.15, 0.2) is 0 Å². The van der Waals surface area contributed by atoms with Crippen LogP contribution in [0.5, 0.6) is 0 Å². The summed E-state index contributed by atoms with van der Waals surface area (Å²) in [5.74, 6) is -2.71. The number of rotatable bonds is 3. The van der Waals surface area contributed by atoms with E-state index in [0.29, 0.717) is 6.42 Å². The highest BCUT2D eigenvalue weighted by molar-refractivity contribution is 5.79. The molecule has 0 saturated carbocycles. The van der Waals surface area contributed by atoms with Crippen LogP contribution in [0.1, 0.15) is 19.8 Å². The minimum absolute atomic E-state index is 0.138. The van der Waals surface area contributed by atoms with Crippen LogP contribution in [0.2, 0.25) is 0 Å². The summed E-state index contributed by atoms with van der Waals surface area (Å²) in [6.45, 7) is 1.63. The minimum atomic E-state index is -4.42.